The Kier molecular flexibility index (Phi) is 2.54. The Morgan fingerprint density at radius 1 is 1.50 bits per heavy atom. The molecule has 0 saturated heterocycles. The molecule has 0 radical (unpaired) electrons. The molecule has 12 heavy (non-hydrogen) atoms. The molecule has 1 heterocycles. The largest absolute Gasteiger partial charge is 0.495 e. The Hall–Kier alpha value is -0.810. The van der Waals surface area contributed by atoms with Gasteiger partial charge in [0.15, 0.2) is 0 Å². The van der Waals surface area contributed by atoms with Crippen molar-refractivity contribution in [1.82, 2.24) is 4.98 Å². The second-order valence-corrected chi connectivity index (χ2v) is 4.56. The van der Waals surface area contributed by atoms with Crippen molar-refractivity contribution in [3.8, 4) is 5.75 Å². The Morgan fingerprint density at radius 3 is 2.67 bits per heavy atom. The van der Waals surface area contributed by atoms with Gasteiger partial charge in [-0.05, 0) is 0 Å². The van der Waals surface area contributed by atoms with Crippen molar-refractivity contribution in [2.45, 2.75) is 4.90 Å². The quantitative estimate of drug-likeness (QED) is 0.680. The molecular formula is C6H6ClNO3S. The van der Waals surface area contributed by atoms with Crippen molar-refractivity contribution in [2.24, 2.45) is 0 Å². The molecule has 0 spiro atoms. The zero-order valence-corrected chi connectivity index (χ0v) is 7.76. The fourth-order valence-corrected chi connectivity index (χ4v) is 1.34. The van der Waals surface area contributed by atoms with Crippen LogP contribution in [0.1, 0.15) is 0 Å². The van der Waals surface area contributed by atoms with E-state index in [9.17, 15) is 8.42 Å². The lowest BCUT2D eigenvalue weighted by molar-refractivity contribution is 0.411. The molecule has 0 N–H and O–H groups in total. The van der Waals surface area contributed by atoms with Crippen LogP contribution in [0.5, 0.6) is 5.75 Å². The van der Waals surface area contributed by atoms with Gasteiger partial charge < -0.3 is 4.74 Å². The summed E-state index contributed by atoms with van der Waals surface area (Å²) < 4.78 is 26.3. The van der Waals surface area contributed by atoms with Gasteiger partial charge in [0.25, 0.3) is 9.05 Å². The Labute approximate surface area is 74.6 Å². The van der Waals surface area contributed by atoms with E-state index in [4.69, 9.17) is 15.4 Å². The summed E-state index contributed by atoms with van der Waals surface area (Å²) in [5.74, 6) is 0.358. The minimum absolute atomic E-state index is 0.0662. The van der Waals surface area contributed by atoms with Gasteiger partial charge >= 0.3 is 0 Å². The minimum atomic E-state index is -3.71. The molecule has 0 bridgehead atoms. The third-order valence-electron chi connectivity index (χ3n) is 1.21. The number of methoxy groups -OCH3 is 1. The Morgan fingerprint density at radius 2 is 2.17 bits per heavy atom. The van der Waals surface area contributed by atoms with Crippen LogP contribution in [0.4, 0.5) is 0 Å². The van der Waals surface area contributed by atoms with E-state index in [0.29, 0.717) is 5.75 Å². The van der Waals surface area contributed by atoms with Crippen LogP contribution in [0, 0.1) is 0 Å². The SMILES string of the molecule is COc1cncc(S(=O)(=O)Cl)c1. The third-order valence-corrected chi connectivity index (χ3v) is 2.53. The number of ether oxygens (including phenoxy) is 1. The maximum absolute atomic E-state index is 10.8. The highest BCUT2D eigenvalue weighted by Gasteiger charge is 2.10. The molecular weight excluding hydrogens is 202 g/mol. The van der Waals surface area contributed by atoms with Crippen LogP contribution in [0.2, 0.25) is 0 Å². The number of rotatable bonds is 2. The Balaban J connectivity index is 3.20. The first-order valence-corrected chi connectivity index (χ1v) is 5.28. The van der Waals surface area contributed by atoms with Gasteiger partial charge in [-0.1, -0.05) is 0 Å². The maximum Gasteiger partial charge on any atom is 0.262 e. The normalized spacial score (nSPS) is 11.2. The molecule has 4 nitrogen and oxygen atoms in total. The summed E-state index contributed by atoms with van der Waals surface area (Å²) in [6, 6.07) is 1.30. The second kappa shape index (κ2) is 3.28. The van der Waals surface area contributed by atoms with Crippen molar-refractivity contribution < 1.29 is 13.2 Å². The van der Waals surface area contributed by atoms with E-state index in [1.807, 2.05) is 0 Å². The summed E-state index contributed by atoms with van der Waals surface area (Å²) in [4.78, 5) is 3.57. The molecule has 0 aromatic carbocycles. The topological polar surface area (TPSA) is 56.3 Å². The van der Waals surface area contributed by atoms with Gasteiger partial charge in [-0.2, -0.15) is 0 Å². The molecule has 0 saturated carbocycles. The van der Waals surface area contributed by atoms with Crippen LogP contribution in [0.3, 0.4) is 0 Å². The van der Waals surface area contributed by atoms with Crippen LogP contribution < -0.4 is 4.74 Å². The predicted molar refractivity (Wildman–Crippen MR) is 43.8 cm³/mol. The van der Waals surface area contributed by atoms with E-state index < -0.39 is 9.05 Å². The molecule has 0 fully saturated rings. The van der Waals surface area contributed by atoms with Gasteiger partial charge in [0.1, 0.15) is 10.6 Å². The highest BCUT2D eigenvalue weighted by Crippen LogP contribution is 2.18. The summed E-state index contributed by atoms with van der Waals surface area (Å²) in [7, 11) is 2.78. The van der Waals surface area contributed by atoms with E-state index in [2.05, 4.69) is 4.98 Å². The predicted octanol–water partition coefficient (Wildman–Crippen LogP) is 1.02. The molecule has 1 aromatic rings. The van der Waals surface area contributed by atoms with Crippen molar-refractivity contribution >= 4 is 19.7 Å². The molecule has 66 valence electrons. The van der Waals surface area contributed by atoms with Gasteiger partial charge in [0, 0.05) is 22.9 Å². The maximum atomic E-state index is 10.8. The third kappa shape index (κ3) is 2.09. The average molecular weight is 208 g/mol. The molecule has 1 rings (SSSR count). The molecule has 0 aliphatic heterocycles. The number of hydrogen-bond acceptors (Lipinski definition) is 4. The number of halogens is 1. The van der Waals surface area contributed by atoms with E-state index in [-0.39, 0.29) is 4.90 Å². The molecule has 0 aliphatic rings. The van der Waals surface area contributed by atoms with Crippen molar-refractivity contribution in [1.29, 1.82) is 0 Å². The molecule has 1 aromatic heterocycles. The summed E-state index contributed by atoms with van der Waals surface area (Å²) in [6.45, 7) is 0. The van der Waals surface area contributed by atoms with Crippen molar-refractivity contribution in [2.75, 3.05) is 7.11 Å². The van der Waals surface area contributed by atoms with Crippen LogP contribution in [-0.4, -0.2) is 20.5 Å². The first-order valence-electron chi connectivity index (χ1n) is 2.98. The van der Waals surface area contributed by atoms with Crippen LogP contribution in [0.25, 0.3) is 0 Å². The lowest BCUT2D eigenvalue weighted by Gasteiger charge is -1.99. The average Bonchev–Trinajstić information content (AvgIpc) is 2.03. The molecule has 0 unspecified atom stereocenters. The monoisotopic (exact) mass is 207 g/mol. The first kappa shape index (κ1) is 9.28. The molecule has 0 atom stereocenters. The van der Waals surface area contributed by atoms with Crippen molar-refractivity contribution in [3.63, 3.8) is 0 Å². The summed E-state index contributed by atoms with van der Waals surface area (Å²) in [5.41, 5.74) is 0. The first-order chi connectivity index (χ1) is 5.54. The van der Waals surface area contributed by atoms with Crippen LogP contribution in [0.15, 0.2) is 23.4 Å². The highest BCUT2D eigenvalue weighted by molar-refractivity contribution is 8.13. The summed E-state index contributed by atoms with van der Waals surface area (Å²) in [5, 5.41) is 0. The number of hydrogen-bond donors (Lipinski definition) is 0. The minimum Gasteiger partial charge on any atom is -0.495 e. The summed E-state index contributed by atoms with van der Waals surface area (Å²) in [6.07, 6.45) is 2.55. The van der Waals surface area contributed by atoms with Gasteiger partial charge in [0.05, 0.1) is 13.3 Å². The molecule has 0 amide bonds. The second-order valence-electron chi connectivity index (χ2n) is 2.00. The zero-order chi connectivity index (χ0) is 9.19. The fourth-order valence-electron chi connectivity index (χ4n) is 0.644. The van der Waals surface area contributed by atoms with Crippen LogP contribution >= 0.6 is 10.7 Å². The Bertz CT molecular complexity index is 376. The molecule has 6 heteroatoms. The lowest BCUT2D eigenvalue weighted by atomic mass is 10.5. The van der Waals surface area contributed by atoms with E-state index in [1.165, 1.54) is 19.4 Å². The van der Waals surface area contributed by atoms with Gasteiger partial charge in [0.2, 0.25) is 0 Å². The smallest absolute Gasteiger partial charge is 0.262 e. The zero-order valence-electron chi connectivity index (χ0n) is 6.19. The van der Waals surface area contributed by atoms with E-state index in [1.54, 1.807) is 0 Å². The number of aromatic nitrogens is 1. The van der Waals surface area contributed by atoms with E-state index >= 15 is 0 Å². The fraction of sp³-hybridized carbons (Fsp3) is 0.167. The lowest BCUT2D eigenvalue weighted by Crippen LogP contribution is -1.93. The van der Waals surface area contributed by atoms with E-state index in [0.717, 1.165) is 6.20 Å². The van der Waals surface area contributed by atoms with Gasteiger partial charge in [-0.15, -0.1) is 0 Å². The van der Waals surface area contributed by atoms with Crippen molar-refractivity contribution in [3.05, 3.63) is 18.5 Å². The van der Waals surface area contributed by atoms with Gasteiger partial charge in [-0.25, -0.2) is 8.42 Å². The highest BCUT2D eigenvalue weighted by atomic mass is 35.7. The molecule has 0 aliphatic carbocycles. The summed E-state index contributed by atoms with van der Waals surface area (Å²) >= 11 is 0. The number of nitrogens with zero attached hydrogens (tertiary/aromatic N) is 1. The van der Waals surface area contributed by atoms with Gasteiger partial charge in [-0.3, -0.25) is 4.98 Å². The standard InChI is InChI=1S/C6H6ClNO3S/c1-11-5-2-6(4-8-3-5)12(7,9)10/h2-4H,1H3. The number of pyridine rings is 1. The van der Waals surface area contributed by atoms with Crippen LogP contribution in [-0.2, 0) is 9.05 Å².